The van der Waals surface area contributed by atoms with E-state index in [1.165, 1.54) is 17.0 Å². The highest BCUT2D eigenvalue weighted by atomic mass is 19.1. The standard InChI is InChI=1S/C29H34FN3O5/c1-28(2)16-32(17-29(3,4)38-28)13-18-7-5-8-19(25(18)30)15-37-23-10-6-9-20-21(23)14-33(27(20)36)22-11-12-24(34)31-26(22)35/h5-10,22H,11-17H2,1-4H3,(H,31,34,35)/i15D2. The molecule has 5 rings (SSSR count). The van der Waals surface area contributed by atoms with Crippen molar-refractivity contribution >= 4 is 17.7 Å². The third kappa shape index (κ3) is 5.31. The molecule has 3 aliphatic heterocycles. The summed E-state index contributed by atoms with van der Waals surface area (Å²) in [5, 5.41) is 2.26. The molecule has 2 aromatic carbocycles. The van der Waals surface area contributed by atoms with Gasteiger partial charge in [-0.15, -0.1) is 0 Å². The van der Waals surface area contributed by atoms with Gasteiger partial charge in [0.1, 0.15) is 24.2 Å². The maximum absolute atomic E-state index is 15.8. The molecule has 8 nitrogen and oxygen atoms in total. The zero-order valence-corrected chi connectivity index (χ0v) is 22.1. The molecule has 0 saturated carbocycles. The molecular formula is C29H34FN3O5. The Balaban J connectivity index is 1.37. The van der Waals surface area contributed by atoms with Crippen LogP contribution < -0.4 is 10.1 Å². The number of carbonyl (C=O) groups is 3. The van der Waals surface area contributed by atoms with E-state index in [0.29, 0.717) is 24.2 Å². The number of hydrogen-bond acceptors (Lipinski definition) is 6. The van der Waals surface area contributed by atoms with E-state index in [-0.39, 0.29) is 48.7 Å². The van der Waals surface area contributed by atoms with Crippen LogP contribution in [0.1, 0.15) is 70.3 Å². The Morgan fingerprint density at radius 2 is 1.76 bits per heavy atom. The minimum absolute atomic E-state index is 0.0117. The van der Waals surface area contributed by atoms with E-state index in [9.17, 15) is 14.4 Å². The summed E-state index contributed by atoms with van der Waals surface area (Å²) in [4.78, 5) is 40.6. The Morgan fingerprint density at radius 3 is 2.47 bits per heavy atom. The number of nitrogens with one attached hydrogen (secondary N) is 1. The van der Waals surface area contributed by atoms with E-state index in [4.69, 9.17) is 12.2 Å². The molecule has 1 atom stereocenters. The fourth-order valence-electron chi connectivity index (χ4n) is 5.84. The van der Waals surface area contributed by atoms with Crippen molar-refractivity contribution in [2.45, 2.75) is 77.4 Å². The van der Waals surface area contributed by atoms with Crippen LogP contribution in [0.4, 0.5) is 4.39 Å². The summed E-state index contributed by atoms with van der Waals surface area (Å²) in [7, 11) is 0. The smallest absolute Gasteiger partial charge is 0.255 e. The lowest BCUT2D eigenvalue weighted by Crippen LogP contribution is -2.56. The molecule has 2 saturated heterocycles. The second-order valence-corrected chi connectivity index (χ2v) is 11.4. The van der Waals surface area contributed by atoms with Crippen LogP contribution in [0.5, 0.6) is 5.75 Å². The lowest BCUT2D eigenvalue weighted by atomic mass is 9.98. The van der Waals surface area contributed by atoms with Gasteiger partial charge in [0, 0.05) is 48.3 Å². The molecule has 1 N–H and O–H groups in total. The molecule has 3 aliphatic rings. The van der Waals surface area contributed by atoms with Gasteiger partial charge in [-0.1, -0.05) is 24.3 Å². The van der Waals surface area contributed by atoms with Crippen LogP contribution in [0, 0.1) is 5.82 Å². The maximum Gasteiger partial charge on any atom is 0.255 e. The molecule has 3 heterocycles. The number of carbonyl (C=O) groups excluding carboxylic acids is 3. The van der Waals surface area contributed by atoms with Crippen molar-refractivity contribution in [3.8, 4) is 5.75 Å². The number of rotatable bonds is 6. The summed E-state index contributed by atoms with van der Waals surface area (Å²) in [5.41, 5.74) is -0.0438. The Kier molecular flexibility index (Phi) is 6.12. The van der Waals surface area contributed by atoms with Crippen molar-refractivity contribution in [1.82, 2.24) is 15.1 Å². The summed E-state index contributed by atoms with van der Waals surface area (Å²) in [6, 6.07) is 8.46. The minimum Gasteiger partial charge on any atom is -0.488 e. The summed E-state index contributed by atoms with van der Waals surface area (Å²) in [6.07, 6.45) is 0.328. The molecule has 0 aromatic heterocycles. The van der Waals surface area contributed by atoms with Gasteiger partial charge in [-0.05, 0) is 46.2 Å². The highest BCUT2D eigenvalue weighted by Crippen LogP contribution is 2.34. The summed E-state index contributed by atoms with van der Waals surface area (Å²) in [5.74, 6) is -1.93. The average Bonchev–Trinajstić information content (AvgIpc) is 3.15. The van der Waals surface area contributed by atoms with Gasteiger partial charge in [0.05, 0.1) is 20.5 Å². The second kappa shape index (κ2) is 9.78. The number of nitrogens with zero attached hydrogens (tertiary/aromatic N) is 2. The molecule has 3 amide bonds. The number of hydrogen-bond donors (Lipinski definition) is 1. The third-order valence-corrected chi connectivity index (χ3v) is 7.04. The number of fused-ring (bicyclic) bond motifs is 1. The second-order valence-electron chi connectivity index (χ2n) is 11.4. The first kappa shape index (κ1) is 23.8. The number of halogens is 1. The van der Waals surface area contributed by atoms with E-state index in [0.717, 1.165) is 0 Å². The average molecular weight is 526 g/mol. The van der Waals surface area contributed by atoms with Crippen LogP contribution in [-0.4, -0.2) is 57.9 Å². The van der Waals surface area contributed by atoms with E-state index in [1.807, 2.05) is 27.7 Å². The first-order valence-electron chi connectivity index (χ1n) is 13.8. The number of benzene rings is 2. The van der Waals surface area contributed by atoms with Crippen molar-refractivity contribution in [3.05, 3.63) is 64.5 Å². The van der Waals surface area contributed by atoms with E-state index in [2.05, 4.69) is 10.2 Å². The zero-order valence-electron chi connectivity index (χ0n) is 24.1. The van der Waals surface area contributed by atoms with E-state index >= 15 is 4.39 Å². The summed E-state index contributed by atoms with van der Waals surface area (Å²) in [6.45, 7) is 6.89. The van der Waals surface area contributed by atoms with Crippen LogP contribution in [0.15, 0.2) is 36.4 Å². The number of piperidine rings is 1. The lowest BCUT2D eigenvalue weighted by Gasteiger charge is -2.47. The quantitative estimate of drug-likeness (QED) is 0.581. The first-order chi connectivity index (χ1) is 18.7. The van der Waals surface area contributed by atoms with Crippen molar-refractivity contribution in [2.24, 2.45) is 0 Å². The molecule has 0 spiro atoms. The van der Waals surface area contributed by atoms with Crippen molar-refractivity contribution in [3.63, 3.8) is 0 Å². The molecule has 2 fully saturated rings. The lowest BCUT2D eigenvalue weighted by molar-refractivity contribution is -0.182. The normalized spacial score (nSPS) is 24.0. The third-order valence-electron chi connectivity index (χ3n) is 7.04. The molecule has 202 valence electrons. The Morgan fingerprint density at radius 1 is 1.08 bits per heavy atom. The van der Waals surface area contributed by atoms with Crippen LogP contribution in [0.25, 0.3) is 0 Å². The van der Waals surface area contributed by atoms with Gasteiger partial charge >= 0.3 is 0 Å². The van der Waals surface area contributed by atoms with Gasteiger partial charge in [-0.3, -0.25) is 24.6 Å². The fourth-order valence-corrected chi connectivity index (χ4v) is 5.84. The Hall–Kier alpha value is -3.30. The van der Waals surface area contributed by atoms with Crippen LogP contribution >= 0.6 is 0 Å². The monoisotopic (exact) mass is 525 g/mol. The Bertz CT molecular complexity index is 1360. The number of imide groups is 1. The van der Waals surface area contributed by atoms with Crippen LogP contribution in [0.2, 0.25) is 0 Å². The predicted octanol–water partition coefficient (Wildman–Crippen LogP) is 3.56. The van der Waals surface area contributed by atoms with Gasteiger partial charge in [0.2, 0.25) is 11.8 Å². The number of morpholine rings is 1. The topological polar surface area (TPSA) is 88.2 Å². The molecular weight excluding hydrogens is 489 g/mol. The molecule has 38 heavy (non-hydrogen) atoms. The van der Waals surface area contributed by atoms with E-state index in [1.54, 1.807) is 24.3 Å². The molecule has 0 aliphatic carbocycles. The Labute approximate surface area is 224 Å². The van der Waals surface area contributed by atoms with Crippen LogP contribution in [0.3, 0.4) is 0 Å². The number of ether oxygens (including phenoxy) is 2. The maximum atomic E-state index is 15.8. The highest BCUT2D eigenvalue weighted by molar-refractivity contribution is 6.05. The first-order valence-corrected chi connectivity index (χ1v) is 12.8. The summed E-state index contributed by atoms with van der Waals surface area (Å²) < 4.78 is 45.1. The summed E-state index contributed by atoms with van der Waals surface area (Å²) >= 11 is 0. The van der Waals surface area contributed by atoms with E-state index < -0.39 is 41.4 Å². The molecule has 1 unspecified atom stereocenters. The van der Waals surface area contributed by atoms with Crippen molar-refractivity contribution in [1.29, 1.82) is 0 Å². The van der Waals surface area contributed by atoms with Gasteiger partial charge in [-0.25, -0.2) is 4.39 Å². The fraction of sp³-hybridized carbons (Fsp3) is 0.483. The molecule has 0 radical (unpaired) electrons. The van der Waals surface area contributed by atoms with Gasteiger partial charge < -0.3 is 14.4 Å². The van der Waals surface area contributed by atoms with Crippen LogP contribution in [-0.2, 0) is 34.0 Å². The largest absolute Gasteiger partial charge is 0.488 e. The van der Waals surface area contributed by atoms with Gasteiger partial charge in [0.25, 0.3) is 5.91 Å². The molecule has 0 bridgehead atoms. The van der Waals surface area contributed by atoms with Crippen molar-refractivity contribution < 1.29 is 31.0 Å². The molecule has 2 aromatic rings. The highest BCUT2D eigenvalue weighted by Gasteiger charge is 2.40. The zero-order chi connectivity index (χ0) is 29.0. The molecule has 9 heteroatoms. The number of amides is 3. The SMILES string of the molecule is [2H]C([2H])(Oc1cccc2c1CN(C1CCC(=O)NC1=O)C2=O)c1cccc(CN2CC(C)(C)OC(C)(C)C2)c1F. The van der Waals surface area contributed by atoms with Gasteiger partial charge in [0.15, 0.2) is 0 Å². The minimum atomic E-state index is -2.55. The van der Waals surface area contributed by atoms with Crippen molar-refractivity contribution in [2.75, 3.05) is 13.1 Å². The van der Waals surface area contributed by atoms with Gasteiger partial charge in [-0.2, -0.15) is 0 Å². The predicted molar refractivity (Wildman–Crippen MR) is 138 cm³/mol.